The van der Waals surface area contributed by atoms with Crippen molar-refractivity contribution in [1.82, 2.24) is 5.32 Å². The molecule has 0 spiro atoms. The maximum Gasteiger partial charge on any atom is 0.253 e. The van der Waals surface area contributed by atoms with Crippen LogP contribution >= 0.6 is 0 Å². The molecule has 0 fully saturated rings. The van der Waals surface area contributed by atoms with Gasteiger partial charge in [0.2, 0.25) is 5.91 Å². The summed E-state index contributed by atoms with van der Waals surface area (Å²) in [5.41, 5.74) is 3.37. The average molecular weight is 376 g/mol. The fourth-order valence-electron chi connectivity index (χ4n) is 2.87. The van der Waals surface area contributed by atoms with E-state index in [2.05, 4.69) is 10.6 Å². The molecule has 0 aliphatic carbocycles. The molecular weight excluding hydrogens is 355 g/mol. The first-order valence-corrected chi connectivity index (χ1v) is 8.99. The lowest BCUT2D eigenvalue weighted by Crippen LogP contribution is -2.25. The molecule has 0 aliphatic rings. The lowest BCUT2D eigenvalue weighted by Gasteiger charge is -2.14. The quantitative estimate of drug-likeness (QED) is 0.676. The predicted molar refractivity (Wildman–Crippen MR) is 108 cm³/mol. The normalized spacial score (nSPS) is 10.4. The van der Waals surface area contributed by atoms with E-state index in [1.165, 1.54) is 12.1 Å². The van der Waals surface area contributed by atoms with E-state index in [0.717, 1.165) is 11.1 Å². The molecule has 0 heterocycles. The molecular formula is C23H21FN2O2. The van der Waals surface area contributed by atoms with Crippen LogP contribution in [0.4, 0.5) is 10.1 Å². The Hall–Kier alpha value is -3.47. The van der Waals surface area contributed by atoms with Crippen molar-refractivity contribution in [3.63, 3.8) is 0 Å². The van der Waals surface area contributed by atoms with Gasteiger partial charge in [-0.15, -0.1) is 0 Å². The van der Waals surface area contributed by atoms with Crippen molar-refractivity contribution in [1.29, 1.82) is 0 Å². The largest absolute Gasteiger partial charge is 0.348 e. The molecule has 4 nitrogen and oxygen atoms in total. The van der Waals surface area contributed by atoms with Crippen LogP contribution in [0.5, 0.6) is 0 Å². The van der Waals surface area contributed by atoms with Crippen LogP contribution in [0.3, 0.4) is 0 Å². The maximum absolute atomic E-state index is 13.0. The molecule has 2 N–H and O–H groups in total. The van der Waals surface area contributed by atoms with E-state index < -0.39 is 0 Å². The van der Waals surface area contributed by atoms with Crippen LogP contribution in [0.2, 0.25) is 0 Å². The Morgan fingerprint density at radius 2 is 1.57 bits per heavy atom. The number of amides is 2. The van der Waals surface area contributed by atoms with Gasteiger partial charge in [0.1, 0.15) is 5.82 Å². The molecule has 0 unspecified atom stereocenters. The summed E-state index contributed by atoms with van der Waals surface area (Å²) < 4.78 is 13.0. The predicted octanol–water partition coefficient (Wildman–Crippen LogP) is 4.25. The third-order valence-electron chi connectivity index (χ3n) is 4.36. The first kappa shape index (κ1) is 19.3. The van der Waals surface area contributed by atoms with Crippen LogP contribution in [-0.4, -0.2) is 11.8 Å². The summed E-state index contributed by atoms with van der Waals surface area (Å²) in [5.74, 6) is -0.872. The molecule has 142 valence electrons. The highest BCUT2D eigenvalue weighted by Gasteiger charge is 2.15. The van der Waals surface area contributed by atoms with Crippen LogP contribution in [0.15, 0.2) is 72.8 Å². The van der Waals surface area contributed by atoms with Gasteiger partial charge in [-0.25, -0.2) is 4.39 Å². The number of carbonyl (C=O) groups is 2. The number of benzene rings is 3. The van der Waals surface area contributed by atoms with E-state index in [1.54, 1.807) is 24.3 Å². The van der Waals surface area contributed by atoms with Gasteiger partial charge >= 0.3 is 0 Å². The fraction of sp³-hybridized carbons (Fsp3) is 0.130. The van der Waals surface area contributed by atoms with E-state index >= 15 is 0 Å². The molecule has 0 atom stereocenters. The van der Waals surface area contributed by atoms with E-state index in [-0.39, 0.29) is 24.1 Å². The molecule has 0 bridgehead atoms. The third kappa shape index (κ3) is 5.04. The highest BCUT2D eigenvalue weighted by atomic mass is 19.1. The Balaban J connectivity index is 1.71. The monoisotopic (exact) mass is 376 g/mol. The maximum atomic E-state index is 13.0. The minimum Gasteiger partial charge on any atom is -0.348 e. The van der Waals surface area contributed by atoms with Crippen LogP contribution in [0, 0.1) is 12.7 Å². The standard InChI is InChI=1S/C23H21FN2O2/c1-16-6-5-9-20(23(28)25-15-18-7-3-2-4-8-18)22(16)26-21(27)14-17-10-12-19(24)13-11-17/h2-13H,14-15H2,1H3,(H,25,28)(H,26,27). The second kappa shape index (κ2) is 8.95. The Kier molecular flexibility index (Phi) is 6.17. The number of hydrogen-bond acceptors (Lipinski definition) is 2. The van der Waals surface area contributed by atoms with Gasteiger partial charge < -0.3 is 10.6 Å². The van der Waals surface area contributed by atoms with Crippen molar-refractivity contribution in [3.8, 4) is 0 Å². The van der Waals surface area contributed by atoms with E-state index in [4.69, 9.17) is 0 Å². The zero-order valence-corrected chi connectivity index (χ0v) is 15.5. The molecule has 0 radical (unpaired) electrons. The molecule has 0 aliphatic heterocycles. The summed E-state index contributed by atoms with van der Waals surface area (Å²) in [4.78, 5) is 25.1. The van der Waals surface area contributed by atoms with Crippen molar-refractivity contribution in [2.24, 2.45) is 0 Å². The zero-order valence-electron chi connectivity index (χ0n) is 15.5. The van der Waals surface area contributed by atoms with Crippen LogP contribution in [-0.2, 0) is 17.8 Å². The number of hydrogen-bond donors (Lipinski definition) is 2. The number of rotatable bonds is 6. The second-order valence-corrected chi connectivity index (χ2v) is 6.52. The van der Waals surface area contributed by atoms with Gasteiger partial charge in [0, 0.05) is 6.54 Å². The Morgan fingerprint density at radius 3 is 2.29 bits per heavy atom. The summed E-state index contributed by atoms with van der Waals surface area (Å²) in [6, 6.07) is 20.7. The van der Waals surface area contributed by atoms with Crippen molar-refractivity contribution in [2.75, 3.05) is 5.32 Å². The number of para-hydroxylation sites is 1. The van der Waals surface area contributed by atoms with Gasteiger partial charge in [-0.1, -0.05) is 54.6 Å². The number of nitrogens with one attached hydrogen (secondary N) is 2. The Bertz CT molecular complexity index is 970. The van der Waals surface area contributed by atoms with E-state index in [0.29, 0.717) is 23.4 Å². The number of carbonyl (C=O) groups excluding carboxylic acids is 2. The van der Waals surface area contributed by atoms with Gasteiger partial charge in [-0.3, -0.25) is 9.59 Å². The molecule has 5 heteroatoms. The molecule has 28 heavy (non-hydrogen) atoms. The van der Waals surface area contributed by atoms with E-state index in [9.17, 15) is 14.0 Å². The minimum absolute atomic E-state index is 0.0969. The SMILES string of the molecule is Cc1cccc(C(=O)NCc2ccccc2)c1NC(=O)Cc1ccc(F)cc1. The van der Waals surface area contributed by atoms with Crippen LogP contribution in [0.1, 0.15) is 27.0 Å². The first-order chi connectivity index (χ1) is 13.5. The summed E-state index contributed by atoms with van der Waals surface area (Å²) in [6.07, 6.45) is 0.0969. The molecule has 3 aromatic rings. The summed E-state index contributed by atoms with van der Waals surface area (Å²) in [5, 5.41) is 5.71. The van der Waals surface area contributed by atoms with Gasteiger partial charge in [-0.2, -0.15) is 0 Å². The smallest absolute Gasteiger partial charge is 0.253 e. The topological polar surface area (TPSA) is 58.2 Å². The lowest BCUT2D eigenvalue weighted by atomic mass is 10.1. The van der Waals surface area contributed by atoms with Gasteiger partial charge in [0.25, 0.3) is 5.91 Å². The molecule has 0 aromatic heterocycles. The van der Waals surface area contributed by atoms with Gasteiger partial charge in [-0.05, 0) is 41.8 Å². The van der Waals surface area contributed by atoms with E-state index in [1.807, 2.05) is 43.3 Å². The summed E-state index contributed by atoms with van der Waals surface area (Å²) >= 11 is 0. The second-order valence-electron chi connectivity index (χ2n) is 6.52. The van der Waals surface area contributed by atoms with Crippen molar-refractivity contribution in [2.45, 2.75) is 19.9 Å². The van der Waals surface area contributed by atoms with Crippen LogP contribution < -0.4 is 10.6 Å². The Morgan fingerprint density at radius 1 is 0.857 bits per heavy atom. The molecule has 3 rings (SSSR count). The molecule has 3 aromatic carbocycles. The summed E-state index contributed by atoms with van der Waals surface area (Å²) in [7, 11) is 0. The number of anilines is 1. The van der Waals surface area contributed by atoms with Gasteiger partial charge in [0.15, 0.2) is 0 Å². The average Bonchev–Trinajstić information content (AvgIpc) is 2.70. The fourth-order valence-corrected chi connectivity index (χ4v) is 2.87. The zero-order chi connectivity index (χ0) is 19.9. The molecule has 2 amide bonds. The molecule has 0 saturated carbocycles. The van der Waals surface area contributed by atoms with Crippen LogP contribution in [0.25, 0.3) is 0 Å². The Labute approximate surface area is 163 Å². The highest BCUT2D eigenvalue weighted by Crippen LogP contribution is 2.21. The lowest BCUT2D eigenvalue weighted by molar-refractivity contribution is -0.115. The van der Waals surface area contributed by atoms with Crippen molar-refractivity contribution < 1.29 is 14.0 Å². The summed E-state index contributed by atoms with van der Waals surface area (Å²) in [6.45, 7) is 2.23. The first-order valence-electron chi connectivity index (χ1n) is 8.99. The van der Waals surface area contributed by atoms with Crippen molar-refractivity contribution >= 4 is 17.5 Å². The molecule has 0 saturated heterocycles. The number of halogens is 1. The highest BCUT2D eigenvalue weighted by molar-refractivity contribution is 6.04. The van der Waals surface area contributed by atoms with Crippen molar-refractivity contribution in [3.05, 3.63) is 101 Å². The third-order valence-corrected chi connectivity index (χ3v) is 4.36. The number of aryl methyl sites for hydroxylation is 1. The minimum atomic E-state index is -0.347. The van der Waals surface area contributed by atoms with Gasteiger partial charge in [0.05, 0.1) is 17.7 Å².